The number of sulfonamides is 1. The summed E-state index contributed by atoms with van der Waals surface area (Å²) >= 11 is 0. The Balaban J connectivity index is 0.00000676. The average molecular weight is 510 g/mol. The van der Waals surface area contributed by atoms with Crippen molar-refractivity contribution < 1.29 is 13.2 Å². The predicted octanol–water partition coefficient (Wildman–Crippen LogP) is 2.21. The van der Waals surface area contributed by atoms with E-state index >= 15 is 0 Å². The van der Waals surface area contributed by atoms with Gasteiger partial charge in [-0.1, -0.05) is 44.7 Å². The summed E-state index contributed by atoms with van der Waals surface area (Å²) in [5, 5.41) is 6.21. The molecule has 0 aliphatic carbocycles. The van der Waals surface area contributed by atoms with Gasteiger partial charge in [-0.05, 0) is 6.07 Å². The molecular weight excluding hydrogens is 479 g/mol. The summed E-state index contributed by atoms with van der Waals surface area (Å²) in [6, 6.07) is 7.70. The lowest BCUT2D eigenvalue weighted by Crippen LogP contribution is -2.41. The molecule has 0 fully saturated rings. The molecule has 7 nitrogen and oxygen atoms in total. The molecule has 0 atom stereocenters. The fourth-order valence-electron chi connectivity index (χ4n) is 2.38. The van der Waals surface area contributed by atoms with Gasteiger partial charge >= 0.3 is 0 Å². The number of nitrogens with one attached hydrogen (secondary N) is 2. The molecule has 27 heavy (non-hydrogen) atoms. The maximum Gasteiger partial charge on any atom is 0.215 e. The van der Waals surface area contributed by atoms with E-state index in [1.165, 1.54) is 4.31 Å². The van der Waals surface area contributed by atoms with Gasteiger partial charge in [-0.15, -0.1) is 24.0 Å². The third-order valence-corrected chi connectivity index (χ3v) is 5.77. The van der Waals surface area contributed by atoms with Crippen molar-refractivity contribution >= 4 is 40.0 Å². The third kappa shape index (κ3) is 8.93. The number of guanidine groups is 1. The molecule has 0 spiro atoms. The van der Waals surface area contributed by atoms with Crippen LogP contribution in [0.25, 0.3) is 0 Å². The minimum atomic E-state index is -3.25. The lowest BCUT2D eigenvalue weighted by molar-refractivity contribution is 0.358. The molecule has 0 aliphatic heterocycles. The summed E-state index contributed by atoms with van der Waals surface area (Å²) in [7, 11) is -1.60. The summed E-state index contributed by atoms with van der Waals surface area (Å²) in [4.78, 5) is 4.13. The Morgan fingerprint density at radius 1 is 1.26 bits per heavy atom. The molecule has 0 aliphatic rings. The Morgan fingerprint density at radius 2 is 1.93 bits per heavy atom. The van der Waals surface area contributed by atoms with Gasteiger partial charge in [0.05, 0.1) is 5.75 Å². The molecule has 0 aromatic heterocycles. The van der Waals surface area contributed by atoms with Gasteiger partial charge in [0.15, 0.2) is 5.96 Å². The summed E-state index contributed by atoms with van der Waals surface area (Å²) < 4.78 is 31.5. The molecule has 1 rings (SSSR count). The van der Waals surface area contributed by atoms with Crippen LogP contribution in [-0.4, -0.2) is 57.7 Å². The summed E-state index contributed by atoms with van der Waals surface area (Å²) in [5.41, 5.74) is 0.980. The second-order valence-corrected chi connectivity index (χ2v) is 7.55. The molecule has 2 N–H and O–H groups in total. The zero-order valence-corrected chi connectivity index (χ0v) is 19.4. The van der Waals surface area contributed by atoms with Crippen LogP contribution < -0.4 is 15.4 Å². The number of ether oxygens (including phenoxy) is 1. The average Bonchev–Trinajstić information content (AvgIpc) is 2.64. The molecule has 9 heteroatoms. The Morgan fingerprint density at radius 3 is 2.52 bits per heavy atom. The van der Waals surface area contributed by atoms with Crippen molar-refractivity contribution in [3.63, 3.8) is 0 Å². The number of halogens is 1. The van der Waals surface area contributed by atoms with Crippen molar-refractivity contribution in [2.75, 3.05) is 39.0 Å². The van der Waals surface area contributed by atoms with Gasteiger partial charge in [-0.25, -0.2) is 12.7 Å². The van der Waals surface area contributed by atoms with Gasteiger partial charge in [0, 0.05) is 38.8 Å². The van der Waals surface area contributed by atoms with Crippen molar-refractivity contribution in [2.24, 2.45) is 4.99 Å². The van der Waals surface area contributed by atoms with Crippen LogP contribution >= 0.6 is 24.0 Å². The Bertz CT molecular complexity index is 692. The maximum atomic E-state index is 12.2. The van der Waals surface area contributed by atoms with Gasteiger partial charge in [-0.3, -0.25) is 4.99 Å². The quantitative estimate of drug-likeness (QED) is 0.207. The summed E-state index contributed by atoms with van der Waals surface area (Å²) in [6.45, 7) is 9.51. The van der Waals surface area contributed by atoms with Crippen LogP contribution in [0, 0.1) is 0 Å². The number of nitrogens with zero attached hydrogens (tertiary/aromatic N) is 2. The van der Waals surface area contributed by atoms with Gasteiger partial charge in [0.1, 0.15) is 12.4 Å². The van der Waals surface area contributed by atoms with Crippen LogP contribution in [0.1, 0.15) is 19.4 Å². The van der Waals surface area contributed by atoms with E-state index in [1.54, 1.807) is 13.1 Å². The largest absolute Gasteiger partial charge is 0.489 e. The van der Waals surface area contributed by atoms with E-state index in [1.807, 2.05) is 38.1 Å². The monoisotopic (exact) mass is 510 g/mol. The molecule has 0 saturated heterocycles. The van der Waals surface area contributed by atoms with Crippen molar-refractivity contribution in [3.05, 3.63) is 42.5 Å². The van der Waals surface area contributed by atoms with Crippen molar-refractivity contribution in [1.29, 1.82) is 0 Å². The molecule has 0 unspecified atom stereocenters. The molecule has 0 saturated carbocycles. The summed E-state index contributed by atoms with van der Waals surface area (Å²) in [5.74, 6) is 1.34. The first-order valence-electron chi connectivity index (χ1n) is 8.72. The van der Waals surface area contributed by atoms with Crippen LogP contribution in [0.2, 0.25) is 0 Å². The topological polar surface area (TPSA) is 83.0 Å². The zero-order chi connectivity index (χ0) is 19.4. The number of hydrogen-bond donors (Lipinski definition) is 2. The van der Waals surface area contributed by atoms with Gasteiger partial charge in [-0.2, -0.15) is 0 Å². The van der Waals surface area contributed by atoms with E-state index < -0.39 is 10.0 Å². The second-order valence-electron chi connectivity index (χ2n) is 5.46. The number of hydrogen-bond acceptors (Lipinski definition) is 4. The molecule has 154 valence electrons. The van der Waals surface area contributed by atoms with E-state index in [0.717, 1.165) is 11.3 Å². The predicted molar refractivity (Wildman–Crippen MR) is 122 cm³/mol. The molecule has 0 radical (unpaired) electrons. The highest BCUT2D eigenvalue weighted by atomic mass is 127. The second kappa shape index (κ2) is 13.8. The Kier molecular flexibility index (Phi) is 13.1. The van der Waals surface area contributed by atoms with Crippen LogP contribution in [0.15, 0.2) is 41.9 Å². The van der Waals surface area contributed by atoms with Gasteiger partial charge < -0.3 is 15.4 Å². The van der Waals surface area contributed by atoms with Gasteiger partial charge in [0.2, 0.25) is 10.0 Å². The molecular formula is C18H31IN4O3S. The molecule has 1 aromatic rings. The van der Waals surface area contributed by atoms with Crippen molar-refractivity contribution in [1.82, 2.24) is 14.9 Å². The maximum absolute atomic E-state index is 12.2. The first kappa shape index (κ1) is 25.7. The SMILES string of the molecule is C=CCOc1ccccc1CNC(=NC)NCCS(=O)(=O)N(CC)CC.I. The zero-order valence-electron chi connectivity index (χ0n) is 16.3. The Hall–Kier alpha value is -1.33. The van der Waals surface area contributed by atoms with Crippen LogP contribution in [-0.2, 0) is 16.6 Å². The van der Waals surface area contributed by atoms with Crippen LogP contribution in [0.3, 0.4) is 0 Å². The highest BCUT2D eigenvalue weighted by Crippen LogP contribution is 2.17. The lowest BCUT2D eigenvalue weighted by atomic mass is 10.2. The third-order valence-electron chi connectivity index (χ3n) is 3.75. The Labute approximate surface area is 180 Å². The highest BCUT2D eigenvalue weighted by molar-refractivity contribution is 14.0. The number of benzene rings is 1. The molecule has 1 aromatic carbocycles. The molecule has 0 bridgehead atoms. The number of para-hydroxylation sites is 1. The minimum absolute atomic E-state index is 0. The highest BCUT2D eigenvalue weighted by Gasteiger charge is 2.18. The first-order chi connectivity index (χ1) is 12.5. The smallest absolute Gasteiger partial charge is 0.215 e. The van der Waals surface area contributed by atoms with E-state index in [2.05, 4.69) is 22.2 Å². The first-order valence-corrected chi connectivity index (χ1v) is 10.3. The number of rotatable bonds is 11. The lowest BCUT2D eigenvalue weighted by Gasteiger charge is -2.19. The standard InChI is InChI=1S/C18H30N4O3S.HI/c1-5-13-25-17-11-9-8-10-16(17)15-21-18(19-4)20-12-14-26(23,24)22(6-2)7-3;/h5,8-11H,1,6-7,12-15H2,2-4H3,(H2,19,20,21);1H. The summed E-state index contributed by atoms with van der Waals surface area (Å²) in [6.07, 6.45) is 1.70. The van der Waals surface area contributed by atoms with E-state index in [9.17, 15) is 8.42 Å². The normalized spacial score (nSPS) is 11.6. The van der Waals surface area contributed by atoms with E-state index in [0.29, 0.717) is 32.2 Å². The number of aliphatic imine (C=N–C) groups is 1. The fraction of sp³-hybridized carbons (Fsp3) is 0.500. The van der Waals surface area contributed by atoms with Crippen molar-refractivity contribution in [3.8, 4) is 5.75 Å². The fourth-order valence-corrected chi connectivity index (χ4v) is 3.79. The van der Waals surface area contributed by atoms with Crippen molar-refractivity contribution in [2.45, 2.75) is 20.4 Å². The van der Waals surface area contributed by atoms with Crippen LogP contribution in [0.5, 0.6) is 5.75 Å². The minimum Gasteiger partial charge on any atom is -0.489 e. The van der Waals surface area contributed by atoms with Gasteiger partial charge in [0.25, 0.3) is 0 Å². The van der Waals surface area contributed by atoms with E-state index in [-0.39, 0.29) is 36.3 Å². The van der Waals surface area contributed by atoms with E-state index in [4.69, 9.17) is 4.74 Å². The van der Waals surface area contributed by atoms with Crippen LogP contribution in [0.4, 0.5) is 0 Å². The molecule has 0 amide bonds. The molecule has 0 heterocycles.